The Morgan fingerprint density at radius 1 is 1.07 bits per heavy atom. The van der Waals surface area contributed by atoms with Crippen LogP contribution in [0.25, 0.3) is 11.0 Å². The number of anilines is 1. The molecule has 0 atom stereocenters. The zero-order valence-electron chi connectivity index (χ0n) is 15.4. The molecule has 27 heavy (non-hydrogen) atoms. The summed E-state index contributed by atoms with van der Waals surface area (Å²) < 4.78 is 6.81. The molecule has 1 fully saturated rings. The maximum atomic E-state index is 12.9. The molecule has 0 bridgehead atoms. The van der Waals surface area contributed by atoms with Crippen molar-refractivity contribution < 1.29 is 9.53 Å². The van der Waals surface area contributed by atoms with Crippen LogP contribution in [0.1, 0.15) is 10.4 Å². The van der Waals surface area contributed by atoms with E-state index in [1.807, 2.05) is 23.1 Å². The minimum absolute atomic E-state index is 0.00385. The lowest BCUT2D eigenvalue weighted by Crippen LogP contribution is -2.48. The van der Waals surface area contributed by atoms with Gasteiger partial charge in [-0.05, 0) is 30.3 Å². The van der Waals surface area contributed by atoms with E-state index in [-0.39, 0.29) is 11.6 Å². The number of rotatable bonds is 3. The van der Waals surface area contributed by atoms with Gasteiger partial charge in [0.05, 0.1) is 18.1 Å². The SMILES string of the molecule is COc1cccc(N2CCN(C(=O)c3ccc4[nH]c(=O)n(C)c4c3)CC2)c1. The van der Waals surface area contributed by atoms with Crippen LogP contribution in [0.15, 0.2) is 47.3 Å². The summed E-state index contributed by atoms with van der Waals surface area (Å²) in [6.07, 6.45) is 0. The number of aryl methyl sites for hydroxylation is 1. The lowest BCUT2D eigenvalue weighted by molar-refractivity contribution is 0.0747. The number of fused-ring (bicyclic) bond motifs is 1. The van der Waals surface area contributed by atoms with Crippen LogP contribution in [0.5, 0.6) is 5.75 Å². The number of hydrogen-bond donors (Lipinski definition) is 1. The van der Waals surface area contributed by atoms with Crippen molar-refractivity contribution >= 4 is 22.6 Å². The molecule has 7 heteroatoms. The Kier molecular flexibility index (Phi) is 4.35. The van der Waals surface area contributed by atoms with E-state index in [1.54, 1.807) is 32.4 Å². The van der Waals surface area contributed by atoms with Crippen LogP contribution in [0.4, 0.5) is 5.69 Å². The number of carbonyl (C=O) groups excluding carboxylic acids is 1. The first kappa shape index (κ1) is 17.2. The smallest absolute Gasteiger partial charge is 0.326 e. The number of aromatic amines is 1. The van der Waals surface area contributed by atoms with Gasteiger partial charge >= 0.3 is 5.69 Å². The molecule has 1 N–H and O–H groups in total. The van der Waals surface area contributed by atoms with E-state index in [9.17, 15) is 9.59 Å². The van der Waals surface area contributed by atoms with Crippen molar-refractivity contribution in [1.82, 2.24) is 14.5 Å². The van der Waals surface area contributed by atoms with Crippen molar-refractivity contribution in [2.24, 2.45) is 7.05 Å². The molecule has 0 radical (unpaired) electrons. The van der Waals surface area contributed by atoms with E-state index in [0.29, 0.717) is 18.7 Å². The predicted octanol–water partition coefficient (Wildman–Crippen LogP) is 1.84. The van der Waals surface area contributed by atoms with Gasteiger partial charge in [-0.25, -0.2) is 4.79 Å². The third-order valence-corrected chi connectivity index (χ3v) is 5.14. The van der Waals surface area contributed by atoms with Crippen LogP contribution in [-0.4, -0.2) is 53.6 Å². The highest BCUT2D eigenvalue weighted by molar-refractivity contribution is 5.97. The third-order valence-electron chi connectivity index (χ3n) is 5.14. The molecular weight excluding hydrogens is 344 g/mol. The number of ether oxygens (including phenoxy) is 1. The van der Waals surface area contributed by atoms with Crippen LogP contribution < -0.4 is 15.3 Å². The maximum Gasteiger partial charge on any atom is 0.326 e. The van der Waals surface area contributed by atoms with Gasteiger partial charge in [0.2, 0.25) is 0 Å². The Hall–Kier alpha value is -3.22. The van der Waals surface area contributed by atoms with Crippen LogP contribution in [0.3, 0.4) is 0 Å². The Balaban J connectivity index is 1.48. The van der Waals surface area contributed by atoms with Gasteiger partial charge in [-0.3, -0.25) is 9.36 Å². The Bertz CT molecular complexity index is 1040. The van der Waals surface area contributed by atoms with Gasteiger partial charge in [-0.1, -0.05) is 6.07 Å². The molecule has 140 valence electrons. The minimum Gasteiger partial charge on any atom is -0.497 e. The van der Waals surface area contributed by atoms with Crippen LogP contribution in [0.2, 0.25) is 0 Å². The fourth-order valence-corrected chi connectivity index (χ4v) is 3.51. The number of carbonyl (C=O) groups is 1. The van der Waals surface area contributed by atoms with Crippen molar-refractivity contribution in [3.8, 4) is 5.75 Å². The zero-order valence-corrected chi connectivity index (χ0v) is 15.4. The molecule has 0 spiro atoms. The summed E-state index contributed by atoms with van der Waals surface area (Å²) in [4.78, 5) is 31.5. The zero-order chi connectivity index (χ0) is 19.0. The van der Waals surface area contributed by atoms with Gasteiger partial charge in [0.15, 0.2) is 0 Å². The number of piperazine rings is 1. The van der Waals surface area contributed by atoms with Crippen molar-refractivity contribution in [3.63, 3.8) is 0 Å². The second kappa shape index (κ2) is 6.83. The van der Waals surface area contributed by atoms with Crippen LogP contribution >= 0.6 is 0 Å². The monoisotopic (exact) mass is 366 g/mol. The summed E-state index contributed by atoms with van der Waals surface area (Å²) in [5, 5.41) is 0. The quantitative estimate of drug-likeness (QED) is 0.768. The van der Waals surface area contributed by atoms with E-state index in [1.165, 1.54) is 4.57 Å². The number of benzene rings is 2. The molecule has 4 rings (SSSR count). The van der Waals surface area contributed by atoms with Crippen molar-refractivity contribution in [2.45, 2.75) is 0 Å². The van der Waals surface area contributed by atoms with Crippen LogP contribution in [-0.2, 0) is 7.05 Å². The van der Waals surface area contributed by atoms with E-state index < -0.39 is 0 Å². The first-order valence-electron chi connectivity index (χ1n) is 8.94. The van der Waals surface area contributed by atoms with E-state index in [2.05, 4.69) is 16.0 Å². The van der Waals surface area contributed by atoms with Gasteiger partial charge in [0.25, 0.3) is 5.91 Å². The molecule has 1 amide bonds. The molecule has 1 aliphatic heterocycles. The lowest BCUT2D eigenvalue weighted by atomic mass is 10.1. The lowest BCUT2D eigenvalue weighted by Gasteiger charge is -2.36. The second-order valence-corrected chi connectivity index (χ2v) is 6.70. The summed E-state index contributed by atoms with van der Waals surface area (Å²) in [5.41, 5.74) is 3.00. The number of aromatic nitrogens is 2. The molecule has 0 unspecified atom stereocenters. The van der Waals surface area contributed by atoms with E-state index >= 15 is 0 Å². The standard InChI is InChI=1S/C20H22N4O3/c1-22-18-12-14(6-7-17(18)21-20(22)26)19(25)24-10-8-23(9-11-24)15-4-3-5-16(13-15)27-2/h3-7,12-13H,8-11H2,1-2H3,(H,21,26). The predicted molar refractivity (Wildman–Crippen MR) is 105 cm³/mol. The topological polar surface area (TPSA) is 70.6 Å². The Morgan fingerprint density at radius 3 is 2.59 bits per heavy atom. The van der Waals surface area contributed by atoms with Gasteiger partial charge in [0.1, 0.15) is 5.75 Å². The van der Waals surface area contributed by atoms with Crippen LogP contribution in [0, 0.1) is 0 Å². The minimum atomic E-state index is -0.179. The number of methoxy groups -OCH3 is 1. The number of hydrogen-bond acceptors (Lipinski definition) is 4. The number of H-pyrrole nitrogens is 1. The summed E-state index contributed by atoms with van der Waals surface area (Å²) in [5.74, 6) is 0.826. The second-order valence-electron chi connectivity index (χ2n) is 6.70. The highest BCUT2D eigenvalue weighted by atomic mass is 16.5. The number of nitrogens with zero attached hydrogens (tertiary/aromatic N) is 3. The van der Waals surface area contributed by atoms with Gasteiger partial charge < -0.3 is 19.5 Å². The molecule has 1 saturated heterocycles. The normalized spacial score (nSPS) is 14.6. The van der Waals surface area contributed by atoms with Crippen molar-refractivity contribution in [2.75, 3.05) is 38.2 Å². The molecule has 0 aliphatic carbocycles. The number of imidazole rings is 1. The summed E-state index contributed by atoms with van der Waals surface area (Å²) in [7, 11) is 3.36. The van der Waals surface area contributed by atoms with E-state index in [4.69, 9.17) is 4.74 Å². The Labute approximate surface area is 156 Å². The van der Waals surface area contributed by atoms with Gasteiger partial charge in [0, 0.05) is 50.5 Å². The summed E-state index contributed by atoms with van der Waals surface area (Å²) in [6, 6.07) is 13.3. The summed E-state index contributed by atoms with van der Waals surface area (Å²) in [6.45, 7) is 2.84. The number of nitrogens with one attached hydrogen (secondary N) is 1. The van der Waals surface area contributed by atoms with Crippen molar-refractivity contribution in [3.05, 3.63) is 58.5 Å². The fraction of sp³-hybridized carbons (Fsp3) is 0.300. The fourth-order valence-electron chi connectivity index (χ4n) is 3.51. The third kappa shape index (κ3) is 3.16. The summed E-state index contributed by atoms with van der Waals surface area (Å²) >= 11 is 0. The largest absolute Gasteiger partial charge is 0.497 e. The molecule has 0 saturated carbocycles. The van der Waals surface area contributed by atoms with E-state index in [0.717, 1.165) is 35.6 Å². The number of amides is 1. The van der Waals surface area contributed by atoms with Gasteiger partial charge in [-0.15, -0.1) is 0 Å². The molecule has 1 aromatic heterocycles. The molecule has 1 aliphatic rings. The first-order chi connectivity index (χ1) is 13.1. The Morgan fingerprint density at radius 2 is 1.85 bits per heavy atom. The average molecular weight is 366 g/mol. The molecule has 3 aromatic rings. The van der Waals surface area contributed by atoms with Gasteiger partial charge in [-0.2, -0.15) is 0 Å². The molecule has 7 nitrogen and oxygen atoms in total. The van der Waals surface area contributed by atoms with Crippen molar-refractivity contribution in [1.29, 1.82) is 0 Å². The molecular formula is C20H22N4O3. The highest BCUT2D eigenvalue weighted by Crippen LogP contribution is 2.23. The molecule has 2 heterocycles. The maximum absolute atomic E-state index is 12.9. The first-order valence-corrected chi connectivity index (χ1v) is 8.94. The molecule has 2 aromatic carbocycles. The highest BCUT2D eigenvalue weighted by Gasteiger charge is 2.23. The average Bonchev–Trinajstić information content (AvgIpc) is 3.01.